The maximum Gasteiger partial charge on any atom is 0.257 e. The number of benzene rings is 2. The molecule has 0 unspecified atom stereocenters. The first-order valence-electron chi connectivity index (χ1n) is 8.58. The Hall–Kier alpha value is -2.53. The third-order valence-electron chi connectivity index (χ3n) is 4.51. The highest BCUT2D eigenvalue weighted by Crippen LogP contribution is 2.21. The number of carbonyl (C=O) groups excluding carboxylic acids is 2. The van der Waals surface area contributed by atoms with Gasteiger partial charge in [-0.05, 0) is 30.7 Å². The molecule has 1 fully saturated rings. The van der Waals surface area contributed by atoms with Crippen LogP contribution in [0, 0.1) is 0 Å². The second-order valence-corrected chi connectivity index (χ2v) is 6.53. The molecule has 2 amide bonds. The van der Waals surface area contributed by atoms with Crippen molar-refractivity contribution in [3.05, 3.63) is 64.7 Å². The van der Waals surface area contributed by atoms with Crippen molar-refractivity contribution >= 4 is 23.4 Å². The highest BCUT2D eigenvalue weighted by atomic mass is 35.5. The molecule has 0 saturated carbocycles. The van der Waals surface area contributed by atoms with Gasteiger partial charge >= 0.3 is 0 Å². The summed E-state index contributed by atoms with van der Waals surface area (Å²) < 4.78 is 5.29. The molecular formula is C20H21ClN2O3. The number of rotatable bonds is 3. The molecule has 0 aliphatic carbocycles. The third-order valence-corrected chi connectivity index (χ3v) is 4.84. The lowest BCUT2D eigenvalue weighted by Crippen LogP contribution is -2.37. The van der Waals surface area contributed by atoms with Gasteiger partial charge < -0.3 is 14.5 Å². The lowest BCUT2D eigenvalue weighted by molar-refractivity contribution is 0.0717. The molecule has 1 aliphatic rings. The van der Waals surface area contributed by atoms with Gasteiger partial charge in [0.25, 0.3) is 11.8 Å². The molecule has 2 aromatic carbocycles. The summed E-state index contributed by atoms with van der Waals surface area (Å²) in [4.78, 5) is 29.1. The smallest absolute Gasteiger partial charge is 0.257 e. The van der Waals surface area contributed by atoms with Crippen molar-refractivity contribution in [2.24, 2.45) is 0 Å². The van der Waals surface area contributed by atoms with Gasteiger partial charge in [0, 0.05) is 26.2 Å². The van der Waals surface area contributed by atoms with Gasteiger partial charge in [-0.15, -0.1) is 0 Å². The maximum atomic E-state index is 12.9. The van der Waals surface area contributed by atoms with E-state index in [0.717, 1.165) is 6.42 Å². The van der Waals surface area contributed by atoms with E-state index in [2.05, 4.69) is 0 Å². The predicted octanol–water partition coefficient (Wildman–Crippen LogP) is 3.34. The Kier molecular flexibility index (Phi) is 5.78. The molecule has 0 bridgehead atoms. The first-order chi connectivity index (χ1) is 12.6. The fraction of sp³-hybridized carbons (Fsp3) is 0.300. The van der Waals surface area contributed by atoms with Gasteiger partial charge in [0.2, 0.25) is 0 Å². The van der Waals surface area contributed by atoms with Gasteiger partial charge in [-0.25, -0.2) is 0 Å². The van der Waals surface area contributed by atoms with Crippen molar-refractivity contribution in [1.82, 2.24) is 9.80 Å². The highest BCUT2D eigenvalue weighted by molar-refractivity contribution is 6.33. The normalized spacial score (nSPS) is 14.7. The molecule has 1 saturated heterocycles. The molecular weight excluding hydrogens is 352 g/mol. The summed E-state index contributed by atoms with van der Waals surface area (Å²) in [5, 5.41) is 0.448. The van der Waals surface area contributed by atoms with Crippen molar-refractivity contribution in [2.45, 2.75) is 6.42 Å². The number of amides is 2. The second kappa shape index (κ2) is 8.23. The van der Waals surface area contributed by atoms with E-state index in [0.29, 0.717) is 48.1 Å². The van der Waals surface area contributed by atoms with E-state index in [1.807, 2.05) is 12.1 Å². The summed E-state index contributed by atoms with van der Waals surface area (Å²) in [6.07, 6.45) is 0.719. The molecule has 26 heavy (non-hydrogen) atoms. The molecule has 0 N–H and O–H groups in total. The van der Waals surface area contributed by atoms with Crippen LogP contribution in [0.15, 0.2) is 48.5 Å². The molecule has 6 heteroatoms. The first-order valence-corrected chi connectivity index (χ1v) is 8.95. The molecule has 3 rings (SSSR count). The van der Waals surface area contributed by atoms with Crippen LogP contribution in [-0.4, -0.2) is 54.9 Å². The van der Waals surface area contributed by atoms with Crippen molar-refractivity contribution in [1.29, 1.82) is 0 Å². The Morgan fingerprint density at radius 3 is 2.00 bits per heavy atom. The van der Waals surface area contributed by atoms with Crippen LogP contribution in [0.2, 0.25) is 5.02 Å². The van der Waals surface area contributed by atoms with E-state index >= 15 is 0 Å². The number of hydrogen-bond donors (Lipinski definition) is 0. The number of hydrogen-bond acceptors (Lipinski definition) is 3. The van der Waals surface area contributed by atoms with E-state index in [-0.39, 0.29) is 11.8 Å². The lowest BCUT2D eigenvalue weighted by atomic mass is 10.1. The zero-order valence-electron chi connectivity index (χ0n) is 14.7. The van der Waals surface area contributed by atoms with E-state index in [1.165, 1.54) is 0 Å². The summed E-state index contributed by atoms with van der Waals surface area (Å²) >= 11 is 6.15. The minimum absolute atomic E-state index is 0.0745. The summed E-state index contributed by atoms with van der Waals surface area (Å²) in [6, 6.07) is 14.2. The number of carbonyl (C=O) groups is 2. The van der Waals surface area contributed by atoms with Crippen LogP contribution < -0.4 is 4.74 Å². The predicted molar refractivity (Wildman–Crippen MR) is 101 cm³/mol. The van der Waals surface area contributed by atoms with Gasteiger partial charge in [-0.3, -0.25) is 9.59 Å². The fourth-order valence-corrected chi connectivity index (χ4v) is 3.34. The number of halogens is 1. The van der Waals surface area contributed by atoms with Crippen LogP contribution in [0.25, 0.3) is 0 Å². The Morgan fingerprint density at radius 1 is 0.846 bits per heavy atom. The fourth-order valence-electron chi connectivity index (χ4n) is 3.12. The van der Waals surface area contributed by atoms with Crippen LogP contribution in [0.1, 0.15) is 27.1 Å². The molecule has 1 aliphatic heterocycles. The zero-order valence-corrected chi connectivity index (χ0v) is 15.4. The van der Waals surface area contributed by atoms with Crippen molar-refractivity contribution in [2.75, 3.05) is 33.3 Å². The molecule has 136 valence electrons. The molecule has 0 atom stereocenters. The third kappa shape index (κ3) is 3.83. The van der Waals surface area contributed by atoms with Gasteiger partial charge in [0.05, 0.1) is 23.3 Å². The summed E-state index contributed by atoms with van der Waals surface area (Å²) in [5.74, 6) is 0.391. The molecule has 0 spiro atoms. The van der Waals surface area contributed by atoms with E-state index in [9.17, 15) is 9.59 Å². The summed E-state index contributed by atoms with van der Waals surface area (Å²) in [7, 11) is 1.55. The van der Waals surface area contributed by atoms with Crippen LogP contribution in [0.4, 0.5) is 0 Å². The van der Waals surface area contributed by atoms with Crippen LogP contribution >= 0.6 is 11.6 Å². The standard InChI is InChI=1S/C20H21ClN2O3/c1-26-18-10-5-3-8-16(18)20(25)23-12-6-11-22(13-14-23)19(24)15-7-2-4-9-17(15)21/h2-5,7-10H,6,11-14H2,1H3. The number of nitrogens with zero attached hydrogens (tertiary/aromatic N) is 2. The van der Waals surface area contributed by atoms with E-state index in [1.54, 1.807) is 53.3 Å². The minimum atomic E-state index is -0.0952. The molecule has 2 aromatic rings. The quantitative estimate of drug-likeness (QED) is 0.830. The zero-order chi connectivity index (χ0) is 18.5. The first kappa shape index (κ1) is 18.3. The average Bonchev–Trinajstić information content (AvgIpc) is 2.93. The van der Waals surface area contributed by atoms with Gasteiger partial charge in [-0.1, -0.05) is 35.9 Å². The van der Waals surface area contributed by atoms with Gasteiger partial charge in [0.1, 0.15) is 5.75 Å². The van der Waals surface area contributed by atoms with Crippen molar-refractivity contribution in [3.8, 4) is 5.75 Å². The Bertz CT molecular complexity index is 809. The second-order valence-electron chi connectivity index (χ2n) is 6.12. The molecule has 1 heterocycles. The highest BCUT2D eigenvalue weighted by Gasteiger charge is 2.25. The Morgan fingerprint density at radius 2 is 1.38 bits per heavy atom. The van der Waals surface area contributed by atoms with Gasteiger partial charge in [0.15, 0.2) is 0 Å². The largest absolute Gasteiger partial charge is 0.496 e. The van der Waals surface area contributed by atoms with Gasteiger partial charge in [-0.2, -0.15) is 0 Å². The topological polar surface area (TPSA) is 49.9 Å². The van der Waals surface area contributed by atoms with Crippen molar-refractivity contribution in [3.63, 3.8) is 0 Å². The van der Waals surface area contributed by atoms with E-state index < -0.39 is 0 Å². The Balaban J connectivity index is 1.71. The monoisotopic (exact) mass is 372 g/mol. The molecule has 0 aromatic heterocycles. The van der Waals surface area contributed by atoms with Crippen LogP contribution in [0.5, 0.6) is 5.75 Å². The average molecular weight is 373 g/mol. The Labute approximate surface area is 158 Å². The number of methoxy groups -OCH3 is 1. The molecule has 0 radical (unpaired) electrons. The van der Waals surface area contributed by atoms with E-state index in [4.69, 9.17) is 16.3 Å². The minimum Gasteiger partial charge on any atom is -0.496 e. The number of ether oxygens (including phenoxy) is 1. The lowest BCUT2D eigenvalue weighted by Gasteiger charge is -2.23. The van der Waals surface area contributed by atoms with Crippen LogP contribution in [0.3, 0.4) is 0 Å². The number of para-hydroxylation sites is 1. The van der Waals surface area contributed by atoms with Crippen molar-refractivity contribution < 1.29 is 14.3 Å². The molecule has 5 nitrogen and oxygen atoms in total. The summed E-state index contributed by atoms with van der Waals surface area (Å²) in [6.45, 7) is 2.15. The summed E-state index contributed by atoms with van der Waals surface area (Å²) in [5.41, 5.74) is 1.04. The maximum absolute atomic E-state index is 12.9. The van der Waals surface area contributed by atoms with Crippen LogP contribution in [-0.2, 0) is 0 Å². The SMILES string of the molecule is COc1ccccc1C(=O)N1CCCN(C(=O)c2ccccc2Cl)CC1.